The number of ether oxygens (including phenoxy) is 1. The summed E-state index contributed by atoms with van der Waals surface area (Å²) in [6.45, 7) is 2.92. The number of amides is 1. The molecule has 0 aliphatic carbocycles. The second-order valence-electron chi connectivity index (χ2n) is 5.54. The third kappa shape index (κ3) is 9.00. The third-order valence-electron chi connectivity index (χ3n) is 3.59. The zero-order valence-corrected chi connectivity index (χ0v) is 12.3. The Bertz CT molecular complexity index is 242. The fourth-order valence-corrected chi connectivity index (χ4v) is 2.21. The van der Waals surface area contributed by atoms with Crippen LogP contribution in [-0.4, -0.2) is 24.8 Å². The zero-order valence-electron chi connectivity index (χ0n) is 12.3. The Balaban J connectivity index is 1.80. The van der Waals surface area contributed by atoms with Gasteiger partial charge in [-0.3, -0.25) is 4.79 Å². The average molecular weight is 270 g/mol. The number of carbonyl (C=O) groups is 1. The van der Waals surface area contributed by atoms with Crippen LogP contribution in [0.5, 0.6) is 0 Å². The number of carbonyl (C=O) groups excluding carboxylic acids is 1. The topological polar surface area (TPSA) is 67.7 Å². The summed E-state index contributed by atoms with van der Waals surface area (Å²) in [6, 6.07) is 0. The van der Waals surface area contributed by atoms with E-state index in [0.29, 0.717) is 13.0 Å². The highest BCUT2D eigenvalue weighted by Gasteiger charge is 2.30. The summed E-state index contributed by atoms with van der Waals surface area (Å²) >= 11 is 0. The van der Waals surface area contributed by atoms with E-state index in [1.54, 1.807) is 0 Å². The van der Waals surface area contributed by atoms with Gasteiger partial charge in [-0.15, -0.1) is 0 Å². The van der Waals surface area contributed by atoms with Gasteiger partial charge in [-0.1, -0.05) is 58.3 Å². The third-order valence-corrected chi connectivity index (χ3v) is 3.59. The number of nitrogens with one attached hydrogen (secondary N) is 1. The number of epoxide rings is 1. The van der Waals surface area contributed by atoms with Crippen LogP contribution in [0.2, 0.25) is 0 Å². The minimum Gasteiger partial charge on any atom is -0.369 e. The molecule has 1 aliphatic heterocycles. The number of unbranched alkanes of at least 4 members (excludes halogenated alkanes) is 8. The Morgan fingerprint density at radius 3 is 2.21 bits per heavy atom. The fraction of sp³-hybridized carbons (Fsp3) is 0.933. The van der Waals surface area contributed by atoms with Gasteiger partial charge in [0.2, 0.25) is 5.91 Å². The Morgan fingerprint density at radius 1 is 1.16 bits per heavy atom. The summed E-state index contributed by atoms with van der Waals surface area (Å²) in [5.74, 6) is 0.0611. The van der Waals surface area contributed by atoms with Crippen molar-refractivity contribution >= 4 is 5.91 Å². The Kier molecular flexibility index (Phi) is 8.84. The average Bonchev–Trinajstić information content (AvgIpc) is 3.21. The highest BCUT2D eigenvalue weighted by molar-refractivity contribution is 5.76. The monoisotopic (exact) mass is 270 g/mol. The number of rotatable bonds is 12. The summed E-state index contributed by atoms with van der Waals surface area (Å²) in [6.07, 6.45) is 11.8. The minimum absolute atomic E-state index is 0.0482. The molecule has 0 aromatic heterocycles. The van der Waals surface area contributed by atoms with Gasteiger partial charge in [0.05, 0.1) is 6.61 Å². The Hall–Kier alpha value is -0.610. The molecule has 1 aliphatic rings. The number of nitrogens with two attached hydrogens (primary N) is 1. The summed E-state index contributed by atoms with van der Waals surface area (Å²) in [5, 5.41) is 2.78. The van der Waals surface area contributed by atoms with Crippen LogP contribution in [0.25, 0.3) is 0 Å². The van der Waals surface area contributed by atoms with Gasteiger partial charge in [0, 0.05) is 6.42 Å². The molecule has 1 fully saturated rings. The lowest BCUT2D eigenvalue weighted by molar-refractivity contribution is -0.122. The first-order valence-electron chi connectivity index (χ1n) is 7.90. The molecule has 112 valence electrons. The van der Waals surface area contributed by atoms with Crippen molar-refractivity contribution in [3.63, 3.8) is 0 Å². The molecule has 0 saturated carbocycles. The highest BCUT2D eigenvalue weighted by atomic mass is 16.6. The quantitative estimate of drug-likeness (QED) is 0.325. The predicted molar refractivity (Wildman–Crippen MR) is 77.7 cm³/mol. The number of hydrogen-bond donors (Lipinski definition) is 2. The SMILES string of the molecule is CCCCCCCCCCCC(=O)NC(N)C1CO1. The van der Waals surface area contributed by atoms with Crippen LogP contribution in [0, 0.1) is 0 Å². The fourth-order valence-electron chi connectivity index (χ4n) is 2.21. The summed E-state index contributed by atoms with van der Waals surface area (Å²) in [7, 11) is 0. The summed E-state index contributed by atoms with van der Waals surface area (Å²) in [5.41, 5.74) is 5.73. The van der Waals surface area contributed by atoms with E-state index in [1.165, 1.54) is 44.9 Å². The van der Waals surface area contributed by atoms with Crippen LogP contribution in [0.4, 0.5) is 0 Å². The van der Waals surface area contributed by atoms with Gasteiger partial charge in [0.1, 0.15) is 12.3 Å². The van der Waals surface area contributed by atoms with E-state index in [0.717, 1.165) is 12.8 Å². The van der Waals surface area contributed by atoms with Crippen LogP contribution in [0.3, 0.4) is 0 Å². The molecule has 1 amide bonds. The highest BCUT2D eigenvalue weighted by Crippen LogP contribution is 2.12. The Morgan fingerprint density at radius 2 is 1.68 bits per heavy atom. The van der Waals surface area contributed by atoms with Crippen molar-refractivity contribution in [2.75, 3.05) is 6.61 Å². The Labute approximate surface area is 117 Å². The van der Waals surface area contributed by atoms with Crippen molar-refractivity contribution in [3.05, 3.63) is 0 Å². The predicted octanol–water partition coefficient (Wildman–Crippen LogP) is 2.71. The van der Waals surface area contributed by atoms with E-state index in [9.17, 15) is 4.79 Å². The molecule has 4 nitrogen and oxygen atoms in total. The maximum atomic E-state index is 11.5. The zero-order chi connectivity index (χ0) is 13.9. The largest absolute Gasteiger partial charge is 0.369 e. The van der Waals surface area contributed by atoms with Gasteiger partial charge >= 0.3 is 0 Å². The van der Waals surface area contributed by atoms with Crippen LogP contribution < -0.4 is 11.1 Å². The lowest BCUT2D eigenvalue weighted by Crippen LogP contribution is -2.45. The van der Waals surface area contributed by atoms with Crippen molar-refractivity contribution in [3.8, 4) is 0 Å². The molecule has 4 heteroatoms. The van der Waals surface area contributed by atoms with E-state index < -0.39 is 0 Å². The van der Waals surface area contributed by atoms with Crippen LogP contribution in [0.1, 0.15) is 71.1 Å². The van der Waals surface area contributed by atoms with Crippen LogP contribution in [-0.2, 0) is 9.53 Å². The molecule has 1 rings (SSSR count). The molecule has 0 bridgehead atoms. The smallest absolute Gasteiger partial charge is 0.221 e. The van der Waals surface area contributed by atoms with Crippen molar-refractivity contribution in [1.82, 2.24) is 5.32 Å². The van der Waals surface area contributed by atoms with Crippen LogP contribution in [0.15, 0.2) is 0 Å². The van der Waals surface area contributed by atoms with Crippen molar-refractivity contribution in [2.45, 2.75) is 83.4 Å². The maximum absolute atomic E-state index is 11.5. The first-order chi connectivity index (χ1) is 9.24. The standard InChI is InChI=1S/C15H30N2O2/c1-2-3-4-5-6-7-8-9-10-11-14(18)17-15(16)13-12-19-13/h13,15H,2-12,16H2,1H3,(H,17,18). The van der Waals surface area contributed by atoms with Gasteiger partial charge in [-0.25, -0.2) is 0 Å². The summed E-state index contributed by atoms with van der Waals surface area (Å²) in [4.78, 5) is 11.5. The van der Waals surface area contributed by atoms with Crippen molar-refractivity contribution < 1.29 is 9.53 Å². The summed E-state index contributed by atoms with van der Waals surface area (Å²) < 4.78 is 5.03. The lowest BCUT2D eigenvalue weighted by Gasteiger charge is -2.10. The second kappa shape index (κ2) is 10.2. The molecule has 1 heterocycles. The molecule has 19 heavy (non-hydrogen) atoms. The van der Waals surface area contributed by atoms with Crippen LogP contribution >= 0.6 is 0 Å². The molecule has 3 N–H and O–H groups in total. The number of hydrogen-bond acceptors (Lipinski definition) is 3. The maximum Gasteiger partial charge on any atom is 0.221 e. The van der Waals surface area contributed by atoms with Crippen molar-refractivity contribution in [1.29, 1.82) is 0 Å². The molecule has 0 radical (unpaired) electrons. The van der Waals surface area contributed by atoms with Crippen molar-refractivity contribution in [2.24, 2.45) is 5.73 Å². The molecule has 2 unspecified atom stereocenters. The van der Waals surface area contributed by atoms with Gasteiger partial charge in [-0.05, 0) is 6.42 Å². The molecule has 0 aromatic rings. The molecule has 0 aromatic carbocycles. The van der Waals surface area contributed by atoms with Gasteiger partial charge in [-0.2, -0.15) is 0 Å². The van der Waals surface area contributed by atoms with Gasteiger partial charge in [0.15, 0.2) is 0 Å². The first-order valence-corrected chi connectivity index (χ1v) is 7.90. The molecule has 1 saturated heterocycles. The normalized spacial score (nSPS) is 19.2. The van der Waals surface area contributed by atoms with E-state index in [2.05, 4.69) is 12.2 Å². The van der Waals surface area contributed by atoms with Gasteiger partial charge in [0.25, 0.3) is 0 Å². The molecule has 2 atom stereocenters. The minimum atomic E-state index is -0.314. The lowest BCUT2D eigenvalue weighted by atomic mass is 10.1. The van der Waals surface area contributed by atoms with E-state index in [1.807, 2.05) is 0 Å². The molecular weight excluding hydrogens is 240 g/mol. The molecule has 0 spiro atoms. The van der Waals surface area contributed by atoms with Gasteiger partial charge < -0.3 is 15.8 Å². The van der Waals surface area contributed by atoms with E-state index >= 15 is 0 Å². The molecular formula is C15H30N2O2. The second-order valence-corrected chi connectivity index (χ2v) is 5.54. The van der Waals surface area contributed by atoms with E-state index in [4.69, 9.17) is 10.5 Å². The van der Waals surface area contributed by atoms with E-state index in [-0.39, 0.29) is 18.2 Å². The first kappa shape index (κ1) is 16.4.